The second kappa shape index (κ2) is 18.9. The van der Waals surface area contributed by atoms with Crippen LogP contribution in [0.3, 0.4) is 0 Å². The van der Waals surface area contributed by atoms with Crippen molar-refractivity contribution in [2.75, 3.05) is 46.6 Å². The lowest BCUT2D eigenvalue weighted by Gasteiger charge is -2.38. The molecule has 2 N–H and O–H groups in total. The number of hydrogen-bond donors (Lipinski definition) is 2. The van der Waals surface area contributed by atoms with Gasteiger partial charge in [0.05, 0.1) is 0 Å². The van der Waals surface area contributed by atoms with Crippen molar-refractivity contribution in [3.63, 3.8) is 0 Å². The van der Waals surface area contributed by atoms with E-state index in [1.807, 2.05) is 26.0 Å². The zero-order valence-electron chi connectivity index (χ0n) is 38.6. The van der Waals surface area contributed by atoms with Gasteiger partial charge >= 0.3 is 0 Å². The van der Waals surface area contributed by atoms with Crippen LogP contribution in [0.1, 0.15) is 86.6 Å². The Morgan fingerprint density at radius 2 is 0.914 bits per heavy atom. The second-order valence-corrected chi connectivity index (χ2v) is 19.3. The van der Waals surface area contributed by atoms with Gasteiger partial charge < -0.3 is 29.9 Å². The number of fused-ring (bicyclic) bond motifs is 6. The molecule has 2 saturated carbocycles. The summed E-state index contributed by atoms with van der Waals surface area (Å²) in [6.45, 7) is 8.89. The number of aromatic nitrogens is 10. The third kappa shape index (κ3) is 8.99. The van der Waals surface area contributed by atoms with E-state index in [1.54, 1.807) is 22.0 Å². The summed E-state index contributed by atoms with van der Waals surface area (Å²) in [6, 6.07) is 8.48. The van der Waals surface area contributed by atoms with Crippen LogP contribution in [-0.2, 0) is 13.1 Å². The van der Waals surface area contributed by atoms with Crippen molar-refractivity contribution in [3.8, 4) is 11.5 Å². The lowest BCUT2D eigenvalue weighted by atomic mass is 9.92. The highest BCUT2D eigenvalue weighted by Gasteiger charge is 2.45. The maximum atomic E-state index is 14.2. The minimum Gasteiger partial charge on any atom is -0.479 e. The molecule has 0 spiro atoms. The van der Waals surface area contributed by atoms with Gasteiger partial charge in [0.1, 0.15) is 24.3 Å². The molecule has 70 heavy (non-hydrogen) atoms. The Morgan fingerprint density at radius 3 is 1.30 bits per heavy atom. The van der Waals surface area contributed by atoms with Crippen molar-refractivity contribution < 1.29 is 35.8 Å². The fourth-order valence-corrected chi connectivity index (χ4v) is 11.3. The van der Waals surface area contributed by atoms with Crippen molar-refractivity contribution in [1.29, 1.82) is 0 Å². The van der Waals surface area contributed by atoms with E-state index in [0.717, 1.165) is 112 Å². The van der Waals surface area contributed by atoms with Crippen LogP contribution in [0.2, 0.25) is 0 Å². The van der Waals surface area contributed by atoms with Gasteiger partial charge in [-0.05, 0) is 113 Å². The number of aryl methyl sites for hydroxylation is 4. The highest BCUT2D eigenvalue weighted by Crippen LogP contribution is 2.42. The molecule has 22 heteroatoms. The lowest BCUT2D eigenvalue weighted by Crippen LogP contribution is -2.48. The van der Waals surface area contributed by atoms with Crippen molar-refractivity contribution in [2.24, 2.45) is 23.7 Å². The Labute approximate surface area is 399 Å². The molecule has 6 aromatic rings. The number of piperidine rings is 2. The maximum absolute atomic E-state index is 14.2. The molecule has 4 aromatic heterocycles. The van der Waals surface area contributed by atoms with Gasteiger partial charge in [-0.25, -0.2) is 46.9 Å². The van der Waals surface area contributed by atoms with Crippen LogP contribution in [0.4, 0.5) is 49.9 Å². The van der Waals surface area contributed by atoms with Gasteiger partial charge in [0.2, 0.25) is 23.5 Å². The van der Waals surface area contributed by atoms with Crippen LogP contribution in [0.25, 0.3) is 0 Å². The van der Waals surface area contributed by atoms with E-state index < -0.39 is 47.1 Å². The van der Waals surface area contributed by atoms with Crippen LogP contribution in [0.5, 0.6) is 11.5 Å². The topological polar surface area (TPSA) is 162 Å². The van der Waals surface area contributed by atoms with Crippen LogP contribution < -0.4 is 29.9 Å². The van der Waals surface area contributed by atoms with Crippen molar-refractivity contribution >= 4 is 23.5 Å². The molecule has 2 unspecified atom stereocenters. The van der Waals surface area contributed by atoms with Crippen LogP contribution in [-0.4, -0.2) is 87.7 Å². The first-order valence-corrected chi connectivity index (χ1v) is 24.0. The standard InChI is InChI=1S/2C24H26F3N7O/c2*1-13-9-19(29-12-28-13)33-10-14-4-5-15(11-33)22(14)30-24-31-23-18(3-2-8-34(23)32-24)35-17-7-6-16(25)20(26)21(17)27/h2*6-7,9,12,14-15,18,22H,2-5,8,10-11H2,1H3,(H,30,32)/t2*14-,15+,18-,22?/m10/s1. The molecule has 16 nitrogen and oxygen atoms in total. The predicted molar refractivity (Wildman–Crippen MR) is 243 cm³/mol. The number of nitrogens with zero attached hydrogens (tertiary/aromatic N) is 12. The molecule has 2 aliphatic carbocycles. The monoisotopic (exact) mass is 970 g/mol. The molecule has 2 saturated heterocycles. The molecule has 0 radical (unpaired) electrons. The van der Waals surface area contributed by atoms with Gasteiger partial charge in [-0.15, -0.1) is 10.2 Å². The molecule has 368 valence electrons. The minimum atomic E-state index is -1.54. The van der Waals surface area contributed by atoms with Gasteiger partial charge in [-0.2, -0.15) is 18.7 Å². The van der Waals surface area contributed by atoms with E-state index in [1.165, 1.54) is 0 Å². The van der Waals surface area contributed by atoms with Crippen molar-refractivity contribution in [1.82, 2.24) is 49.5 Å². The Morgan fingerprint density at radius 1 is 0.514 bits per heavy atom. The van der Waals surface area contributed by atoms with Crippen LogP contribution >= 0.6 is 0 Å². The molecule has 0 amide bonds. The third-order valence-corrected chi connectivity index (χ3v) is 14.7. The van der Waals surface area contributed by atoms with Gasteiger partial charge in [0, 0.05) is 74.9 Å². The Bertz CT molecular complexity index is 2670. The Kier molecular flexibility index (Phi) is 12.3. The van der Waals surface area contributed by atoms with E-state index in [4.69, 9.17) is 9.47 Å². The Hall–Kier alpha value is -6.74. The number of halogens is 6. The first kappa shape index (κ1) is 45.7. The second-order valence-electron chi connectivity index (χ2n) is 19.3. The summed E-state index contributed by atoms with van der Waals surface area (Å²) < 4.78 is 97.2. The first-order chi connectivity index (χ1) is 33.9. The summed E-state index contributed by atoms with van der Waals surface area (Å²) in [6.07, 6.45) is 9.21. The fourth-order valence-electron chi connectivity index (χ4n) is 11.3. The summed E-state index contributed by atoms with van der Waals surface area (Å²) in [5.41, 5.74) is 1.91. The zero-order chi connectivity index (χ0) is 48.2. The number of anilines is 4. The van der Waals surface area contributed by atoms with Gasteiger partial charge in [0.25, 0.3) is 0 Å². The maximum Gasteiger partial charge on any atom is 0.242 e. The Balaban J connectivity index is 0.000000152. The SMILES string of the molecule is Cc1cc(N2C[C@H]3CC[C@@H](C2)C3Nc2nc3n(n2)CCC[C@@H]3Oc2ccc(F)c(F)c2F)ncn1.Cc1cc(N2C[C@H]3CC[C@@H](C2)C3Nc2nc3n(n2)CCC[C@H]3Oc2ccc(F)c(F)c2F)ncn1. The summed E-state index contributed by atoms with van der Waals surface area (Å²) in [5, 5.41) is 16.4. The van der Waals surface area contributed by atoms with Crippen LogP contribution in [0.15, 0.2) is 49.1 Å². The highest BCUT2D eigenvalue weighted by atomic mass is 19.2. The predicted octanol–water partition coefficient (Wildman–Crippen LogP) is 8.07. The molecule has 2 aromatic carbocycles. The molecule has 4 aliphatic heterocycles. The lowest BCUT2D eigenvalue weighted by molar-refractivity contribution is 0.147. The largest absolute Gasteiger partial charge is 0.479 e. The van der Waals surface area contributed by atoms with E-state index in [9.17, 15) is 26.3 Å². The van der Waals surface area contributed by atoms with E-state index in [0.29, 0.717) is 73.1 Å². The molecule has 4 fully saturated rings. The summed E-state index contributed by atoms with van der Waals surface area (Å²) >= 11 is 0. The number of ether oxygens (including phenoxy) is 2. The number of benzene rings is 2. The number of rotatable bonds is 10. The molecular formula is C48H52F6N14O2. The molecule has 8 heterocycles. The van der Waals surface area contributed by atoms with Crippen LogP contribution in [0, 0.1) is 72.4 Å². The average Bonchev–Trinajstić information content (AvgIpc) is 4.08. The average molecular weight is 971 g/mol. The van der Waals surface area contributed by atoms with E-state index >= 15 is 0 Å². The smallest absolute Gasteiger partial charge is 0.242 e. The third-order valence-electron chi connectivity index (χ3n) is 14.7. The molecule has 4 bridgehead atoms. The molecular weight excluding hydrogens is 919 g/mol. The van der Waals surface area contributed by atoms with E-state index in [-0.39, 0.29) is 23.6 Å². The minimum absolute atomic E-state index is 0.252. The van der Waals surface area contributed by atoms with Gasteiger partial charge in [-0.3, -0.25) is 0 Å². The molecule has 8 atom stereocenters. The normalized spacial score (nSPS) is 25.4. The van der Waals surface area contributed by atoms with Crippen molar-refractivity contribution in [2.45, 2.75) is 103 Å². The summed E-state index contributed by atoms with van der Waals surface area (Å²) in [7, 11) is 0. The number of nitrogens with one attached hydrogen (secondary N) is 2. The highest BCUT2D eigenvalue weighted by molar-refractivity contribution is 5.43. The summed E-state index contributed by atoms with van der Waals surface area (Å²) in [4.78, 5) is 31.3. The molecule has 12 rings (SSSR count). The summed E-state index contributed by atoms with van der Waals surface area (Å²) in [5.74, 6) is -3.05. The van der Waals surface area contributed by atoms with Gasteiger partial charge in [0.15, 0.2) is 58.6 Å². The molecule has 6 aliphatic rings. The number of hydrogen-bond acceptors (Lipinski definition) is 14. The van der Waals surface area contributed by atoms with E-state index in [2.05, 4.69) is 60.5 Å². The zero-order valence-corrected chi connectivity index (χ0v) is 38.6. The first-order valence-electron chi connectivity index (χ1n) is 24.0. The van der Waals surface area contributed by atoms with Gasteiger partial charge in [-0.1, -0.05) is 0 Å². The van der Waals surface area contributed by atoms with Crippen molar-refractivity contribution in [3.05, 3.63) is 107 Å². The quantitative estimate of drug-likeness (QED) is 0.100. The fraction of sp³-hybridized carbons (Fsp3) is 0.500.